The standard InChI is InChI=1S/C20H17NO3S/c22-14-11-17(16-8-3-6-13-5-1-2-7-15(13)16)20(21(23)24)18(12-14)19-9-4-10-25-19/h1-10,17-18,20H,11-12H2/t17-,18+,20-/m1/s1. The number of nitro groups is 1. The number of carbonyl (C=O) groups is 1. The molecule has 1 fully saturated rings. The summed E-state index contributed by atoms with van der Waals surface area (Å²) < 4.78 is 0. The van der Waals surface area contributed by atoms with Crippen molar-refractivity contribution in [2.45, 2.75) is 30.7 Å². The van der Waals surface area contributed by atoms with Crippen LogP contribution >= 0.6 is 11.3 Å². The summed E-state index contributed by atoms with van der Waals surface area (Å²) in [4.78, 5) is 25.2. The van der Waals surface area contributed by atoms with E-state index < -0.39 is 12.0 Å². The number of thiophene rings is 1. The summed E-state index contributed by atoms with van der Waals surface area (Å²) in [6.45, 7) is 0. The van der Waals surface area contributed by atoms with Gasteiger partial charge in [0.2, 0.25) is 6.04 Å². The summed E-state index contributed by atoms with van der Waals surface area (Å²) in [6, 6.07) is 16.8. The van der Waals surface area contributed by atoms with Crippen LogP contribution in [-0.4, -0.2) is 16.7 Å². The lowest BCUT2D eigenvalue weighted by Gasteiger charge is -2.32. The summed E-state index contributed by atoms with van der Waals surface area (Å²) in [5.74, 6) is -0.635. The fourth-order valence-electron chi connectivity index (χ4n) is 4.03. The van der Waals surface area contributed by atoms with Gasteiger partial charge in [-0.25, -0.2) is 0 Å². The van der Waals surface area contributed by atoms with Crippen LogP contribution in [0.4, 0.5) is 0 Å². The first kappa shape index (κ1) is 16.0. The molecule has 1 aromatic heterocycles. The van der Waals surface area contributed by atoms with Crippen LogP contribution < -0.4 is 0 Å². The lowest BCUT2D eigenvalue weighted by atomic mass is 9.72. The van der Waals surface area contributed by atoms with E-state index in [-0.39, 0.29) is 29.5 Å². The van der Waals surface area contributed by atoms with E-state index in [0.717, 1.165) is 21.2 Å². The van der Waals surface area contributed by atoms with E-state index >= 15 is 0 Å². The molecule has 1 heterocycles. The van der Waals surface area contributed by atoms with Gasteiger partial charge in [0.05, 0.1) is 11.8 Å². The third-order valence-corrected chi connectivity index (χ3v) is 6.10. The summed E-state index contributed by atoms with van der Waals surface area (Å²) in [6.07, 6.45) is 0.495. The highest BCUT2D eigenvalue weighted by molar-refractivity contribution is 7.10. The molecule has 0 N–H and O–H groups in total. The SMILES string of the molecule is O=C1C[C@H](c2cccc3ccccc23)[C@@H]([N+](=O)[O-])[C@H](c2cccs2)C1. The highest BCUT2D eigenvalue weighted by atomic mass is 32.1. The number of benzene rings is 2. The van der Waals surface area contributed by atoms with Gasteiger partial charge >= 0.3 is 0 Å². The summed E-state index contributed by atoms with van der Waals surface area (Å²) >= 11 is 1.50. The maximum absolute atomic E-state index is 12.4. The number of Topliss-reactive ketones (excluding diaryl/α,β-unsaturated/α-hetero) is 1. The Labute approximate surface area is 149 Å². The number of hydrogen-bond donors (Lipinski definition) is 0. The maximum atomic E-state index is 12.4. The molecule has 4 nitrogen and oxygen atoms in total. The second-order valence-electron chi connectivity index (χ2n) is 6.52. The average Bonchev–Trinajstić information content (AvgIpc) is 3.14. The number of nitrogens with zero attached hydrogens (tertiary/aromatic N) is 1. The number of hydrogen-bond acceptors (Lipinski definition) is 4. The Morgan fingerprint density at radius 3 is 2.48 bits per heavy atom. The van der Waals surface area contributed by atoms with E-state index in [1.54, 1.807) is 0 Å². The molecule has 0 radical (unpaired) electrons. The molecule has 0 bridgehead atoms. The van der Waals surface area contributed by atoms with Gasteiger partial charge in [-0.05, 0) is 27.8 Å². The smallest absolute Gasteiger partial charge is 0.228 e. The largest absolute Gasteiger partial charge is 0.300 e. The second kappa shape index (κ2) is 6.41. The van der Waals surface area contributed by atoms with Crippen LogP contribution in [0, 0.1) is 10.1 Å². The van der Waals surface area contributed by atoms with Crippen molar-refractivity contribution in [1.82, 2.24) is 0 Å². The van der Waals surface area contributed by atoms with Crippen molar-refractivity contribution in [2.24, 2.45) is 0 Å². The summed E-state index contributed by atoms with van der Waals surface area (Å²) in [5, 5.41) is 16.0. The molecule has 1 aliphatic rings. The predicted octanol–water partition coefficient (Wildman–Crippen LogP) is 4.78. The van der Waals surface area contributed by atoms with Gasteiger partial charge in [0.25, 0.3) is 0 Å². The third kappa shape index (κ3) is 2.85. The quantitative estimate of drug-likeness (QED) is 0.504. The topological polar surface area (TPSA) is 60.2 Å². The first-order valence-corrected chi connectivity index (χ1v) is 9.19. The molecule has 0 spiro atoms. The molecule has 0 saturated heterocycles. The molecule has 3 atom stereocenters. The van der Waals surface area contributed by atoms with Gasteiger partial charge in [-0.3, -0.25) is 14.9 Å². The van der Waals surface area contributed by atoms with Crippen molar-refractivity contribution in [3.8, 4) is 0 Å². The van der Waals surface area contributed by atoms with Gasteiger partial charge < -0.3 is 0 Å². The average molecular weight is 351 g/mol. The van der Waals surface area contributed by atoms with E-state index in [0.29, 0.717) is 0 Å². The van der Waals surface area contributed by atoms with Gasteiger partial charge in [-0.1, -0.05) is 48.5 Å². The minimum Gasteiger partial charge on any atom is -0.300 e. The highest BCUT2D eigenvalue weighted by Crippen LogP contribution is 2.44. The van der Waals surface area contributed by atoms with Crippen molar-refractivity contribution in [3.63, 3.8) is 0 Å². The zero-order valence-corrected chi connectivity index (χ0v) is 14.3. The van der Waals surface area contributed by atoms with E-state index in [9.17, 15) is 14.9 Å². The molecule has 1 aliphatic carbocycles. The fraction of sp³-hybridized carbons (Fsp3) is 0.250. The Morgan fingerprint density at radius 2 is 1.72 bits per heavy atom. The predicted molar refractivity (Wildman–Crippen MR) is 98.8 cm³/mol. The van der Waals surface area contributed by atoms with Crippen molar-refractivity contribution in [2.75, 3.05) is 0 Å². The molecule has 25 heavy (non-hydrogen) atoms. The van der Waals surface area contributed by atoms with Crippen molar-refractivity contribution < 1.29 is 9.72 Å². The van der Waals surface area contributed by atoms with Gasteiger partial charge in [0, 0.05) is 22.6 Å². The molecular weight excluding hydrogens is 334 g/mol. The van der Waals surface area contributed by atoms with Crippen molar-refractivity contribution >= 4 is 27.9 Å². The summed E-state index contributed by atoms with van der Waals surface area (Å²) in [5.41, 5.74) is 0.911. The van der Waals surface area contributed by atoms with Gasteiger partial charge in [-0.15, -0.1) is 11.3 Å². The van der Waals surface area contributed by atoms with Gasteiger partial charge in [0.15, 0.2) is 0 Å². The van der Waals surface area contributed by atoms with Crippen molar-refractivity contribution in [1.29, 1.82) is 0 Å². The van der Waals surface area contributed by atoms with Crippen LogP contribution in [0.5, 0.6) is 0 Å². The lowest BCUT2D eigenvalue weighted by Crippen LogP contribution is -2.40. The molecule has 0 amide bonds. The van der Waals surface area contributed by atoms with Gasteiger partial charge in [-0.2, -0.15) is 0 Å². The Bertz CT molecular complexity index is 930. The molecule has 0 aliphatic heterocycles. The highest BCUT2D eigenvalue weighted by Gasteiger charge is 2.47. The number of fused-ring (bicyclic) bond motifs is 1. The Morgan fingerprint density at radius 1 is 0.960 bits per heavy atom. The fourth-order valence-corrected chi connectivity index (χ4v) is 4.90. The molecule has 1 saturated carbocycles. The molecule has 0 unspecified atom stereocenters. The van der Waals surface area contributed by atoms with Crippen LogP contribution in [0.3, 0.4) is 0 Å². The second-order valence-corrected chi connectivity index (χ2v) is 7.50. The molecule has 4 rings (SSSR count). The van der Waals surface area contributed by atoms with E-state index in [4.69, 9.17) is 0 Å². The van der Waals surface area contributed by atoms with Crippen LogP contribution in [0.2, 0.25) is 0 Å². The molecular formula is C20H17NO3S. The Hall–Kier alpha value is -2.53. The van der Waals surface area contributed by atoms with Crippen molar-refractivity contribution in [3.05, 3.63) is 80.5 Å². The van der Waals surface area contributed by atoms with E-state index in [2.05, 4.69) is 0 Å². The zero-order valence-electron chi connectivity index (χ0n) is 13.5. The maximum Gasteiger partial charge on any atom is 0.228 e. The van der Waals surface area contributed by atoms with E-state index in [1.807, 2.05) is 60.0 Å². The Balaban J connectivity index is 1.86. The van der Waals surface area contributed by atoms with E-state index in [1.165, 1.54) is 11.3 Å². The minimum atomic E-state index is -0.776. The molecule has 5 heteroatoms. The van der Waals surface area contributed by atoms with Gasteiger partial charge in [0.1, 0.15) is 5.78 Å². The zero-order chi connectivity index (χ0) is 17.4. The molecule has 3 aromatic rings. The molecule has 126 valence electrons. The third-order valence-electron chi connectivity index (χ3n) is 5.09. The number of carbonyl (C=O) groups excluding carboxylic acids is 1. The first-order chi connectivity index (χ1) is 12.1. The number of rotatable bonds is 3. The first-order valence-electron chi connectivity index (χ1n) is 8.31. The number of ketones is 1. The lowest BCUT2D eigenvalue weighted by molar-refractivity contribution is -0.532. The van der Waals surface area contributed by atoms with Crippen LogP contribution in [0.25, 0.3) is 10.8 Å². The van der Waals surface area contributed by atoms with Crippen LogP contribution in [0.15, 0.2) is 60.0 Å². The summed E-state index contributed by atoms with van der Waals surface area (Å²) in [7, 11) is 0. The van der Waals surface area contributed by atoms with Crippen LogP contribution in [0.1, 0.15) is 35.1 Å². The van der Waals surface area contributed by atoms with Crippen LogP contribution in [-0.2, 0) is 4.79 Å². The Kier molecular flexibility index (Phi) is 4.09. The molecule has 2 aromatic carbocycles. The monoisotopic (exact) mass is 351 g/mol. The minimum absolute atomic E-state index is 0.106. The normalized spacial score (nSPS) is 23.7.